The van der Waals surface area contributed by atoms with Crippen molar-refractivity contribution in [3.63, 3.8) is 0 Å². The quantitative estimate of drug-likeness (QED) is 0.446. The van der Waals surface area contributed by atoms with Gasteiger partial charge in [0.2, 0.25) is 6.29 Å². The number of methoxy groups -OCH3 is 1. The lowest BCUT2D eigenvalue weighted by molar-refractivity contribution is -0.147. The van der Waals surface area contributed by atoms with Gasteiger partial charge in [0.15, 0.2) is 0 Å². The molecule has 0 saturated heterocycles. The normalized spacial score (nSPS) is 15.4. The minimum atomic E-state index is -0.457. The minimum Gasteiger partial charge on any atom is -0.497 e. The van der Waals surface area contributed by atoms with Gasteiger partial charge < -0.3 is 14.2 Å². The second kappa shape index (κ2) is 7.66. The van der Waals surface area contributed by atoms with Crippen LogP contribution in [0.1, 0.15) is 23.1 Å². The molecule has 4 aromatic rings. The van der Waals surface area contributed by atoms with Gasteiger partial charge in [0.05, 0.1) is 25.8 Å². The van der Waals surface area contributed by atoms with Crippen LogP contribution in [-0.2, 0) is 22.7 Å². The molecule has 4 heteroatoms. The molecule has 0 saturated carbocycles. The van der Waals surface area contributed by atoms with E-state index in [1.807, 2.05) is 48.5 Å². The first kappa shape index (κ1) is 17.9. The predicted octanol–water partition coefficient (Wildman–Crippen LogP) is 5.66. The largest absolute Gasteiger partial charge is 0.497 e. The molecular formula is C25H21NO3. The first-order valence-corrected chi connectivity index (χ1v) is 9.65. The molecule has 1 aromatic heterocycles. The van der Waals surface area contributed by atoms with Crippen LogP contribution in [0.2, 0.25) is 0 Å². The highest BCUT2D eigenvalue weighted by Crippen LogP contribution is 2.34. The number of benzene rings is 3. The van der Waals surface area contributed by atoms with Gasteiger partial charge in [-0.1, -0.05) is 48.5 Å². The average Bonchev–Trinajstić information content (AvgIpc) is 3.18. The SMILES string of the molecule is COc1cc(COC2OCc3cc4ccccc4nc32)cc(-c2ccccc2)c1. The number of hydrogen-bond donors (Lipinski definition) is 0. The number of ether oxygens (including phenoxy) is 3. The van der Waals surface area contributed by atoms with Crippen molar-refractivity contribution in [3.8, 4) is 16.9 Å². The first-order chi connectivity index (χ1) is 14.3. The van der Waals surface area contributed by atoms with E-state index >= 15 is 0 Å². The summed E-state index contributed by atoms with van der Waals surface area (Å²) in [6, 6.07) is 26.6. The third kappa shape index (κ3) is 3.60. The van der Waals surface area contributed by atoms with Gasteiger partial charge in [0.25, 0.3) is 0 Å². The van der Waals surface area contributed by atoms with E-state index in [9.17, 15) is 0 Å². The number of rotatable bonds is 5. The van der Waals surface area contributed by atoms with E-state index in [0.717, 1.165) is 44.6 Å². The molecule has 0 radical (unpaired) electrons. The smallest absolute Gasteiger partial charge is 0.202 e. The Kier molecular flexibility index (Phi) is 4.72. The summed E-state index contributed by atoms with van der Waals surface area (Å²) in [6.45, 7) is 0.931. The van der Waals surface area contributed by atoms with E-state index in [1.54, 1.807) is 7.11 Å². The summed E-state index contributed by atoms with van der Waals surface area (Å²) < 4.78 is 17.5. The standard InChI is InChI=1S/C25H21NO3/c1-27-22-12-17(11-20(14-22)18-7-3-2-4-8-18)15-28-25-24-21(16-29-25)13-19-9-5-6-10-23(19)26-24/h2-14,25H,15-16H2,1H3. The van der Waals surface area contributed by atoms with E-state index in [-0.39, 0.29) is 0 Å². The summed E-state index contributed by atoms with van der Waals surface area (Å²) in [7, 11) is 1.68. The number of pyridine rings is 1. The van der Waals surface area contributed by atoms with Gasteiger partial charge in [-0.25, -0.2) is 4.98 Å². The fourth-order valence-electron chi connectivity index (χ4n) is 3.70. The van der Waals surface area contributed by atoms with Crippen LogP contribution in [-0.4, -0.2) is 12.1 Å². The molecule has 1 aliphatic rings. The number of aromatic nitrogens is 1. The van der Waals surface area contributed by atoms with E-state index in [4.69, 9.17) is 19.2 Å². The highest BCUT2D eigenvalue weighted by atomic mass is 16.7. The molecule has 5 rings (SSSR count). The van der Waals surface area contributed by atoms with Crippen LogP contribution < -0.4 is 4.74 Å². The third-order valence-corrected chi connectivity index (χ3v) is 5.16. The van der Waals surface area contributed by atoms with Gasteiger partial charge in [0.1, 0.15) is 11.4 Å². The molecule has 4 nitrogen and oxygen atoms in total. The van der Waals surface area contributed by atoms with Crippen molar-refractivity contribution in [2.24, 2.45) is 0 Å². The van der Waals surface area contributed by atoms with Gasteiger partial charge in [-0.3, -0.25) is 0 Å². The molecule has 1 unspecified atom stereocenters. The average molecular weight is 383 g/mol. The molecule has 0 amide bonds. The topological polar surface area (TPSA) is 40.6 Å². The lowest BCUT2D eigenvalue weighted by Crippen LogP contribution is -2.05. The van der Waals surface area contributed by atoms with Gasteiger partial charge in [-0.15, -0.1) is 0 Å². The number of para-hydroxylation sites is 1. The zero-order valence-corrected chi connectivity index (χ0v) is 16.2. The second-order valence-electron chi connectivity index (χ2n) is 7.12. The maximum Gasteiger partial charge on any atom is 0.202 e. The molecule has 0 spiro atoms. The maximum absolute atomic E-state index is 6.11. The van der Waals surface area contributed by atoms with Crippen molar-refractivity contribution in [2.45, 2.75) is 19.5 Å². The number of hydrogen-bond acceptors (Lipinski definition) is 4. The molecule has 0 bridgehead atoms. The number of fused-ring (bicyclic) bond motifs is 2. The molecular weight excluding hydrogens is 362 g/mol. The van der Waals surface area contributed by atoms with Crippen LogP contribution in [0.4, 0.5) is 0 Å². The van der Waals surface area contributed by atoms with E-state index in [2.05, 4.69) is 30.3 Å². The monoisotopic (exact) mass is 383 g/mol. The highest BCUT2D eigenvalue weighted by molar-refractivity contribution is 5.79. The molecule has 0 N–H and O–H groups in total. The predicted molar refractivity (Wildman–Crippen MR) is 112 cm³/mol. The van der Waals surface area contributed by atoms with Crippen LogP contribution in [0.15, 0.2) is 78.9 Å². The van der Waals surface area contributed by atoms with Gasteiger partial charge in [-0.2, -0.15) is 0 Å². The summed E-state index contributed by atoms with van der Waals surface area (Å²) >= 11 is 0. The molecule has 2 heterocycles. The van der Waals surface area contributed by atoms with Crippen molar-refractivity contribution in [3.05, 3.63) is 95.7 Å². The fourth-order valence-corrected chi connectivity index (χ4v) is 3.70. The lowest BCUT2D eigenvalue weighted by Gasteiger charge is -2.14. The Hall–Kier alpha value is -3.21. The minimum absolute atomic E-state index is 0.412. The van der Waals surface area contributed by atoms with Gasteiger partial charge in [-0.05, 0) is 47.0 Å². The van der Waals surface area contributed by atoms with Crippen LogP contribution in [0.3, 0.4) is 0 Å². The van der Waals surface area contributed by atoms with E-state index < -0.39 is 6.29 Å². The molecule has 3 aromatic carbocycles. The molecule has 29 heavy (non-hydrogen) atoms. The lowest BCUT2D eigenvalue weighted by atomic mass is 10.0. The van der Waals surface area contributed by atoms with E-state index in [1.165, 1.54) is 0 Å². The second-order valence-corrected chi connectivity index (χ2v) is 7.12. The molecule has 1 aliphatic heterocycles. The van der Waals surface area contributed by atoms with Crippen molar-refractivity contribution >= 4 is 10.9 Å². The zero-order valence-electron chi connectivity index (χ0n) is 16.2. The van der Waals surface area contributed by atoms with Crippen molar-refractivity contribution in [1.82, 2.24) is 4.98 Å². The molecule has 144 valence electrons. The Morgan fingerprint density at radius 1 is 0.931 bits per heavy atom. The Balaban J connectivity index is 1.39. The van der Waals surface area contributed by atoms with Crippen LogP contribution in [0.25, 0.3) is 22.0 Å². The Labute approximate surface area is 169 Å². The van der Waals surface area contributed by atoms with E-state index in [0.29, 0.717) is 13.2 Å². The van der Waals surface area contributed by atoms with Crippen LogP contribution >= 0.6 is 0 Å². The van der Waals surface area contributed by atoms with Crippen LogP contribution in [0.5, 0.6) is 5.75 Å². The summed E-state index contributed by atoms with van der Waals surface area (Å²) in [6.07, 6.45) is -0.457. The first-order valence-electron chi connectivity index (χ1n) is 9.65. The number of nitrogens with zero attached hydrogens (tertiary/aromatic N) is 1. The van der Waals surface area contributed by atoms with Crippen LogP contribution in [0, 0.1) is 0 Å². The summed E-state index contributed by atoms with van der Waals surface area (Å²) in [5.74, 6) is 0.807. The summed E-state index contributed by atoms with van der Waals surface area (Å²) in [5, 5.41) is 1.12. The highest BCUT2D eigenvalue weighted by Gasteiger charge is 2.26. The Bertz CT molecular complexity index is 1160. The molecule has 1 atom stereocenters. The summed E-state index contributed by atoms with van der Waals surface area (Å²) in [4.78, 5) is 4.77. The van der Waals surface area contributed by atoms with Crippen molar-refractivity contribution in [2.75, 3.05) is 7.11 Å². The summed E-state index contributed by atoms with van der Waals surface area (Å²) in [5.41, 5.74) is 6.18. The zero-order chi connectivity index (χ0) is 19.6. The molecule has 0 fully saturated rings. The van der Waals surface area contributed by atoms with Gasteiger partial charge >= 0.3 is 0 Å². The fraction of sp³-hybridized carbons (Fsp3) is 0.160. The third-order valence-electron chi connectivity index (χ3n) is 5.16. The van der Waals surface area contributed by atoms with Gasteiger partial charge in [0, 0.05) is 10.9 Å². The van der Waals surface area contributed by atoms with Crippen molar-refractivity contribution in [1.29, 1.82) is 0 Å². The Morgan fingerprint density at radius 2 is 1.76 bits per heavy atom. The Morgan fingerprint density at radius 3 is 2.62 bits per heavy atom. The maximum atomic E-state index is 6.11. The molecule has 0 aliphatic carbocycles. The van der Waals surface area contributed by atoms with Crippen molar-refractivity contribution < 1.29 is 14.2 Å².